The molecule has 1 amide bonds. The molecule has 2 N–H and O–H groups in total. The van der Waals surface area contributed by atoms with Crippen molar-refractivity contribution in [3.05, 3.63) is 77.9 Å². The molecule has 1 unspecified atom stereocenters. The Morgan fingerprint density at radius 3 is 2.59 bits per heavy atom. The molecule has 1 aliphatic heterocycles. The summed E-state index contributed by atoms with van der Waals surface area (Å²) < 4.78 is 26.6. The molecule has 1 aliphatic rings. The van der Waals surface area contributed by atoms with Gasteiger partial charge in [0, 0.05) is 12.0 Å². The normalized spacial score (nSPS) is 16.9. The first-order valence-electron chi connectivity index (χ1n) is 9.39. The average molecular weight is 407 g/mol. The van der Waals surface area contributed by atoms with Crippen molar-refractivity contribution in [2.24, 2.45) is 4.99 Å². The smallest absolute Gasteiger partial charge is 0.263 e. The van der Waals surface area contributed by atoms with Crippen molar-refractivity contribution in [3.8, 4) is 0 Å². The van der Waals surface area contributed by atoms with Gasteiger partial charge in [0.25, 0.3) is 10.0 Å². The zero-order valence-corrected chi connectivity index (χ0v) is 16.7. The minimum absolute atomic E-state index is 0.134. The summed E-state index contributed by atoms with van der Waals surface area (Å²) in [6.45, 7) is 2.14. The van der Waals surface area contributed by atoms with Crippen molar-refractivity contribution < 1.29 is 13.2 Å². The standard InChI is InChI=1S/C22H21N3O3S/c1-15(17-11-10-16-6-2-3-7-18(16)14-17)24-21(26)12-13-23-22-19-8-4-5-9-20(19)29(27,28)25-22/h2-11,14-15H,12-13H2,1H3,(H,23,25)(H,24,26). The number of hydrogen-bond acceptors (Lipinski definition) is 4. The summed E-state index contributed by atoms with van der Waals surface area (Å²) in [5.41, 5.74) is 1.57. The van der Waals surface area contributed by atoms with Gasteiger partial charge >= 0.3 is 0 Å². The van der Waals surface area contributed by atoms with E-state index in [1.807, 2.05) is 37.3 Å². The van der Waals surface area contributed by atoms with Gasteiger partial charge in [-0.05, 0) is 41.5 Å². The summed E-state index contributed by atoms with van der Waals surface area (Å²) in [7, 11) is -3.56. The second kappa shape index (κ2) is 7.67. The van der Waals surface area contributed by atoms with E-state index in [0.29, 0.717) is 5.56 Å². The monoisotopic (exact) mass is 407 g/mol. The number of carbonyl (C=O) groups excluding carboxylic acids is 1. The minimum Gasteiger partial charge on any atom is -0.350 e. The van der Waals surface area contributed by atoms with E-state index in [2.05, 4.69) is 27.2 Å². The molecule has 4 rings (SSSR count). The second-order valence-corrected chi connectivity index (χ2v) is 8.63. The number of hydrogen-bond donors (Lipinski definition) is 2. The van der Waals surface area contributed by atoms with Crippen molar-refractivity contribution in [3.63, 3.8) is 0 Å². The lowest BCUT2D eigenvalue weighted by molar-refractivity contribution is -0.121. The van der Waals surface area contributed by atoms with E-state index in [-0.39, 0.29) is 35.6 Å². The number of nitrogens with one attached hydrogen (secondary N) is 2. The number of sulfonamides is 1. The van der Waals surface area contributed by atoms with Crippen LogP contribution in [-0.4, -0.2) is 26.7 Å². The Kier molecular flexibility index (Phi) is 5.07. The molecule has 3 aromatic carbocycles. The summed E-state index contributed by atoms with van der Waals surface area (Å²) >= 11 is 0. The van der Waals surface area contributed by atoms with Crippen LogP contribution in [-0.2, 0) is 14.8 Å². The Balaban J connectivity index is 1.38. The van der Waals surface area contributed by atoms with Crippen LogP contribution in [0.1, 0.15) is 30.5 Å². The summed E-state index contributed by atoms with van der Waals surface area (Å²) in [6, 6.07) is 20.8. The van der Waals surface area contributed by atoms with Gasteiger partial charge in [-0.1, -0.05) is 48.5 Å². The highest BCUT2D eigenvalue weighted by Crippen LogP contribution is 2.22. The molecule has 0 aliphatic carbocycles. The van der Waals surface area contributed by atoms with Gasteiger partial charge in [-0.25, -0.2) is 8.42 Å². The summed E-state index contributed by atoms with van der Waals surface area (Å²) in [6.07, 6.45) is 0.172. The third-order valence-electron chi connectivity index (χ3n) is 4.92. The van der Waals surface area contributed by atoms with Crippen molar-refractivity contribution in [1.29, 1.82) is 0 Å². The number of fused-ring (bicyclic) bond motifs is 2. The lowest BCUT2D eigenvalue weighted by Crippen LogP contribution is -2.27. The number of benzene rings is 3. The number of amides is 1. The molecule has 1 atom stereocenters. The van der Waals surface area contributed by atoms with Gasteiger partial charge in [-0.2, -0.15) is 0 Å². The van der Waals surface area contributed by atoms with Gasteiger partial charge in [-0.3, -0.25) is 14.5 Å². The molecule has 7 heteroatoms. The third kappa shape index (κ3) is 4.00. The highest BCUT2D eigenvalue weighted by atomic mass is 32.2. The Labute approximate surface area is 169 Å². The number of amidine groups is 1. The van der Waals surface area contributed by atoms with Crippen LogP contribution in [0.5, 0.6) is 0 Å². The number of carbonyl (C=O) groups is 1. The van der Waals surface area contributed by atoms with Crippen LogP contribution in [0.4, 0.5) is 0 Å². The topological polar surface area (TPSA) is 87.6 Å². The molecule has 0 aromatic heterocycles. The SMILES string of the molecule is CC(NC(=O)CCN=C1NS(=O)(=O)c2ccccc21)c1ccc2ccccc2c1. The molecule has 0 spiro atoms. The van der Waals surface area contributed by atoms with Crippen LogP contribution in [0.25, 0.3) is 10.8 Å². The molecule has 0 saturated heterocycles. The maximum Gasteiger partial charge on any atom is 0.263 e. The summed E-state index contributed by atoms with van der Waals surface area (Å²) in [4.78, 5) is 16.8. The van der Waals surface area contributed by atoms with E-state index >= 15 is 0 Å². The molecular weight excluding hydrogens is 386 g/mol. The molecule has 0 radical (unpaired) electrons. The Morgan fingerprint density at radius 1 is 1.03 bits per heavy atom. The lowest BCUT2D eigenvalue weighted by Gasteiger charge is -2.15. The molecule has 29 heavy (non-hydrogen) atoms. The number of rotatable bonds is 5. The van der Waals surface area contributed by atoms with E-state index in [1.165, 1.54) is 6.07 Å². The summed E-state index contributed by atoms with van der Waals surface area (Å²) in [5.74, 6) is 0.153. The first-order valence-corrected chi connectivity index (χ1v) is 10.9. The number of nitrogens with zero attached hydrogens (tertiary/aromatic N) is 1. The summed E-state index contributed by atoms with van der Waals surface area (Å²) in [5, 5.41) is 5.26. The number of aliphatic imine (C=N–C) groups is 1. The highest BCUT2D eigenvalue weighted by molar-refractivity contribution is 7.90. The zero-order chi connectivity index (χ0) is 20.4. The fraction of sp³-hybridized carbons (Fsp3) is 0.182. The van der Waals surface area contributed by atoms with Crippen molar-refractivity contribution in [2.75, 3.05) is 6.54 Å². The van der Waals surface area contributed by atoms with Crippen molar-refractivity contribution in [2.45, 2.75) is 24.3 Å². The lowest BCUT2D eigenvalue weighted by atomic mass is 10.0. The van der Waals surface area contributed by atoms with Crippen molar-refractivity contribution in [1.82, 2.24) is 10.0 Å². The average Bonchev–Trinajstić information content (AvgIpc) is 2.98. The fourth-order valence-electron chi connectivity index (χ4n) is 3.39. The highest BCUT2D eigenvalue weighted by Gasteiger charge is 2.29. The molecular formula is C22H21N3O3S. The maximum atomic E-state index is 12.3. The van der Waals surface area contributed by atoms with Crippen molar-refractivity contribution >= 4 is 32.5 Å². The van der Waals surface area contributed by atoms with Gasteiger partial charge in [0.1, 0.15) is 5.84 Å². The van der Waals surface area contributed by atoms with Gasteiger partial charge in [0.05, 0.1) is 17.5 Å². The first kappa shape index (κ1) is 19.1. The molecule has 0 fully saturated rings. The van der Waals surface area contributed by atoms with E-state index in [1.54, 1.807) is 18.2 Å². The van der Waals surface area contributed by atoms with Crippen LogP contribution in [0.2, 0.25) is 0 Å². The van der Waals surface area contributed by atoms with E-state index in [4.69, 9.17) is 0 Å². The Bertz CT molecular complexity index is 1220. The molecule has 3 aromatic rings. The van der Waals surface area contributed by atoms with Crippen LogP contribution < -0.4 is 10.0 Å². The van der Waals surface area contributed by atoms with Crippen LogP contribution >= 0.6 is 0 Å². The van der Waals surface area contributed by atoms with Gasteiger partial charge < -0.3 is 5.32 Å². The molecule has 6 nitrogen and oxygen atoms in total. The van der Waals surface area contributed by atoms with Gasteiger partial charge in [-0.15, -0.1) is 0 Å². The Hall–Kier alpha value is -3.19. The van der Waals surface area contributed by atoms with Crippen LogP contribution in [0, 0.1) is 0 Å². The van der Waals surface area contributed by atoms with E-state index < -0.39 is 10.0 Å². The fourth-order valence-corrected chi connectivity index (χ4v) is 4.65. The molecule has 0 bridgehead atoms. The predicted octanol–water partition coefficient (Wildman–Crippen LogP) is 3.15. The van der Waals surface area contributed by atoms with E-state index in [9.17, 15) is 13.2 Å². The third-order valence-corrected chi connectivity index (χ3v) is 6.32. The van der Waals surface area contributed by atoms with Crippen LogP contribution in [0.3, 0.4) is 0 Å². The first-order chi connectivity index (χ1) is 13.9. The minimum atomic E-state index is -3.56. The molecule has 148 valence electrons. The second-order valence-electron chi connectivity index (χ2n) is 6.98. The molecule has 1 heterocycles. The predicted molar refractivity (Wildman–Crippen MR) is 113 cm³/mol. The Morgan fingerprint density at radius 2 is 1.76 bits per heavy atom. The van der Waals surface area contributed by atoms with Gasteiger partial charge in [0.15, 0.2) is 0 Å². The largest absolute Gasteiger partial charge is 0.350 e. The van der Waals surface area contributed by atoms with Gasteiger partial charge in [0.2, 0.25) is 5.91 Å². The quantitative estimate of drug-likeness (QED) is 0.681. The zero-order valence-electron chi connectivity index (χ0n) is 15.9. The molecule has 0 saturated carbocycles. The van der Waals surface area contributed by atoms with Crippen LogP contribution in [0.15, 0.2) is 76.6 Å². The maximum absolute atomic E-state index is 12.3. The van der Waals surface area contributed by atoms with E-state index in [0.717, 1.165) is 16.3 Å².